The molecule has 0 radical (unpaired) electrons. The SMILES string of the molecule is CC(C)(C)OC(=O)NCCCN(C(=O)CO)[C@@H](c1nc(-c2cc(F)ccc2F)cn1Cc1cccc(N)c1)C(C)(C)C. The molecule has 0 aliphatic rings. The summed E-state index contributed by atoms with van der Waals surface area (Å²) in [5.41, 5.74) is 6.33. The lowest BCUT2D eigenvalue weighted by atomic mass is 9.84. The highest BCUT2D eigenvalue weighted by molar-refractivity contribution is 5.77. The summed E-state index contributed by atoms with van der Waals surface area (Å²) in [5.74, 6) is -1.37. The highest BCUT2D eigenvalue weighted by atomic mass is 19.1. The van der Waals surface area contributed by atoms with Crippen LogP contribution in [0.25, 0.3) is 11.3 Å². The topological polar surface area (TPSA) is 123 Å². The van der Waals surface area contributed by atoms with Gasteiger partial charge in [-0.25, -0.2) is 18.6 Å². The summed E-state index contributed by atoms with van der Waals surface area (Å²) in [5, 5.41) is 12.6. The fraction of sp³-hybridized carbons (Fsp3) is 0.452. The lowest BCUT2D eigenvalue weighted by molar-refractivity contribution is -0.139. The fourth-order valence-electron chi connectivity index (χ4n) is 4.72. The number of aliphatic hydroxyl groups is 1. The second kappa shape index (κ2) is 13.3. The number of nitrogens with zero attached hydrogens (tertiary/aromatic N) is 3. The zero-order chi connectivity index (χ0) is 31.2. The molecular weight excluding hydrogens is 544 g/mol. The number of nitrogens with one attached hydrogen (secondary N) is 1. The number of rotatable bonds is 10. The molecule has 2 aromatic carbocycles. The molecule has 1 atom stereocenters. The zero-order valence-corrected chi connectivity index (χ0v) is 25.1. The first kappa shape index (κ1) is 32.5. The van der Waals surface area contributed by atoms with Crippen LogP contribution >= 0.6 is 0 Å². The molecule has 42 heavy (non-hydrogen) atoms. The Morgan fingerprint density at radius 1 is 1.12 bits per heavy atom. The van der Waals surface area contributed by atoms with E-state index in [0.29, 0.717) is 17.9 Å². The van der Waals surface area contributed by atoms with Crippen LogP contribution in [-0.4, -0.2) is 56.9 Å². The third-order valence-corrected chi connectivity index (χ3v) is 6.39. The molecule has 9 nitrogen and oxygen atoms in total. The Kier molecular flexibility index (Phi) is 10.3. The monoisotopic (exact) mass is 585 g/mol. The van der Waals surface area contributed by atoms with E-state index in [0.717, 1.165) is 23.8 Å². The van der Waals surface area contributed by atoms with Crippen LogP contribution in [0.3, 0.4) is 0 Å². The highest BCUT2D eigenvalue weighted by Gasteiger charge is 2.38. The zero-order valence-electron chi connectivity index (χ0n) is 25.1. The number of nitrogens with two attached hydrogens (primary N) is 1. The van der Waals surface area contributed by atoms with Crippen molar-refractivity contribution in [3.05, 3.63) is 71.7 Å². The lowest BCUT2D eigenvalue weighted by Crippen LogP contribution is -2.45. The largest absolute Gasteiger partial charge is 0.444 e. The van der Waals surface area contributed by atoms with Gasteiger partial charge in [0.15, 0.2) is 0 Å². The molecule has 4 N–H and O–H groups in total. The quantitative estimate of drug-likeness (QED) is 0.220. The number of hydrogen-bond acceptors (Lipinski definition) is 6. The molecule has 0 bridgehead atoms. The maximum Gasteiger partial charge on any atom is 0.407 e. The van der Waals surface area contributed by atoms with E-state index < -0.39 is 47.3 Å². The number of carbonyl (C=O) groups is 2. The molecule has 0 aliphatic heterocycles. The number of hydrogen-bond donors (Lipinski definition) is 3. The first-order valence-electron chi connectivity index (χ1n) is 13.8. The van der Waals surface area contributed by atoms with E-state index >= 15 is 0 Å². The van der Waals surface area contributed by atoms with Gasteiger partial charge in [-0.05, 0) is 68.5 Å². The average molecular weight is 586 g/mol. The van der Waals surface area contributed by atoms with Gasteiger partial charge in [0.1, 0.15) is 29.7 Å². The third-order valence-electron chi connectivity index (χ3n) is 6.39. The van der Waals surface area contributed by atoms with E-state index in [2.05, 4.69) is 5.32 Å². The Morgan fingerprint density at radius 2 is 1.83 bits per heavy atom. The molecule has 228 valence electrons. The van der Waals surface area contributed by atoms with Crippen molar-refractivity contribution in [2.24, 2.45) is 5.41 Å². The molecule has 0 saturated carbocycles. The summed E-state index contributed by atoms with van der Waals surface area (Å²) < 4.78 is 36.1. The van der Waals surface area contributed by atoms with Crippen LogP contribution in [0.1, 0.15) is 65.4 Å². The number of anilines is 1. The number of imidazole rings is 1. The second-order valence-corrected chi connectivity index (χ2v) is 12.3. The Bertz CT molecular complexity index is 1390. The van der Waals surface area contributed by atoms with E-state index in [1.165, 1.54) is 4.90 Å². The number of nitrogen functional groups attached to an aromatic ring is 1. The van der Waals surface area contributed by atoms with Crippen LogP contribution < -0.4 is 11.1 Å². The van der Waals surface area contributed by atoms with Gasteiger partial charge in [-0.3, -0.25) is 4.79 Å². The Morgan fingerprint density at radius 3 is 2.45 bits per heavy atom. The van der Waals surface area contributed by atoms with Crippen molar-refractivity contribution in [1.82, 2.24) is 19.8 Å². The number of halogens is 2. The van der Waals surface area contributed by atoms with E-state index in [-0.39, 0.29) is 30.9 Å². The van der Waals surface area contributed by atoms with Gasteiger partial charge < -0.3 is 30.4 Å². The Hall–Kier alpha value is -3.99. The minimum Gasteiger partial charge on any atom is -0.444 e. The minimum atomic E-state index is -0.743. The maximum absolute atomic E-state index is 14.9. The molecule has 1 aromatic heterocycles. The standard InChI is InChI=1S/C31H41F2N5O4/c1-30(2,3)27(38(26(40)19-39)14-8-13-35-29(41)42-31(4,5)6)28-36-25(23-16-21(32)11-12-24(23)33)18-37(28)17-20-9-7-10-22(34)15-20/h7,9-12,15-16,18,27,39H,8,13-14,17,19,34H2,1-6H3,(H,35,41)/t27-/m0/s1. The molecule has 3 aromatic rings. The molecule has 0 aliphatic carbocycles. The fourth-order valence-corrected chi connectivity index (χ4v) is 4.72. The molecule has 11 heteroatoms. The van der Waals surface area contributed by atoms with Crippen molar-refractivity contribution in [3.8, 4) is 11.3 Å². The number of carbonyl (C=O) groups excluding carboxylic acids is 2. The predicted molar refractivity (Wildman–Crippen MR) is 157 cm³/mol. The van der Waals surface area contributed by atoms with E-state index in [1.54, 1.807) is 43.7 Å². The molecule has 0 unspecified atom stereocenters. The van der Waals surface area contributed by atoms with Crippen molar-refractivity contribution in [1.29, 1.82) is 0 Å². The van der Waals surface area contributed by atoms with Gasteiger partial charge in [-0.15, -0.1) is 0 Å². The van der Waals surface area contributed by atoms with Gasteiger partial charge >= 0.3 is 6.09 Å². The molecule has 0 spiro atoms. The van der Waals surface area contributed by atoms with Crippen molar-refractivity contribution < 1.29 is 28.2 Å². The number of alkyl carbamates (subject to hydrolysis) is 1. The van der Waals surface area contributed by atoms with Crippen LogP contribution in [-0.2, 0) is 16.1 Å². The highest BCUT2D eigenvalue weighted by Crippen LogP contribution is 2.39. The number of ether oxygens (including phenoxy) is 1. The Labute approximate surface area is 245 Å². The number of benzene rings is 2. The molecular formula is C31H41F2N5O4. The van der Waals surface area contributed by atoms with Crippen LogP contribution in [0.4, 0.5) is 19.3 Å². The summed E-state index contributed by atoms with van der Waals surface area (Å²) in [6.45, 7) is 11.0. The van der Waals surface area contributed by atoms with Gasteiger partial charge in [0.05, 0.1) is 11.7 Å². The number of amides is 2. The van der Waals surface area contributed by atoms with E-state index in [4.69, 9.17) is 15.5 Å². The first-order chi connectivity index (χ1) is 19.6. The molecule has 1 heterocycles. The van der Waals surface area contributed by atoms with Crippen LogP contribution in [0, 0.1) is 17.0 Å². The van der Waals surface area contributed by atoms with Crippen molar-refractivity contribution in [2.75, 3.05) is 25.4 Å². The minimum absolute atomic E-state index is 0.0168. The van der Waals surface area contributed by atoms with Crippen molar-refractivity contribution in [3.63, 3.8) is 0 Å². The van der Waals surface area contributed by atoms with Gasteiger partial charge in [-0.2, -0.15) is 0 Å². The predicted octanol–water partition coefficient (Wildman–Crippen LogP) is 5.28. The lowest BCUT2D eigenvalue weighted by Gasteiger charge is -2.40. The summed E-state index contributed by atoms with van der Waals surface area (Å²) in [4.78, 5) is 31.6. The number of aromatic nitrogens is 2. The average Bonchev–Trinajstić information content (AvgIpc) is 3.27. The van der Waals surface area contributed by atoms with Gasteiger partial charge in [0.25, 0.3) is 0 Å². The maximum atomic E-state index is 14.9. The van der Waals surface area contributed by atoms with Gasteiger partial charge in [0, 0.05) is 37.1 Å². The summed E-state index contributed by atoms with van der Waals surface area (Å²) >= 11 is 0. The Balaban J connectivity index is 2.04. The van der Waals surface area contributed by atoms with Crippen LogP contribution in [0.2, 0.25) is 0 Å². The van der Waals surface area contributed by atoms with Crippen molar-refractivity contribution in [2.45, 2.75) is 66.2 Å². The third kappa shape index (κ3) is 8.75. The number of aliphatic hydroxyl groups excluding tert-OH is 1. The summed E-state index contributed by atoms with van der Waals surface area (Å²) in [6, 6.07) is 9.73. The van der Waals surface area contributed by atoms with Gasteiger partial charge in [0.2, 0.25) is 5.91 Å². The van der Waals surface area contributed by atoms with Gasteiger partial charge in [-0.1, -0.05) is 32.9 Å². The first-order valence-corrected chi connectivity index (χ1v) is 13.8. The molecule has 3 rings (SSSR count). The smallest absolute Gasteiger partial charge is 0.407 e. The summed E-state index contributed by atoms with van der Waals surface area (Å²) in [7, 11) is 0. The van der Waals surface area contributed by atoms with E-state index in [9.17, 15) is 23.5 Å². The second-order valence-electron chi connectivity index (χ2n) is 12.3. The van der Waals surface area contributed by atoms with Crippen LogP contribution in [0.15, 0.2) is 48.7 Å². The molecule has 0 saturated heterocycles. The molecule has 2 amide bonds. The normalized spacial score (nSPS) is 12.6. The van der Waals surface area contributed by atoms with E-state index in [1.807, 2.05) is 32.9 Å². The van der Waals surface area contributed by atoms with Crippen molar-refractivity contribution >= 4 is 17.7 Å². The van der Waals surface area contributed by atoms with Crippen LogP contribution in [0.5, 0.6) is 0 Å². The summed E-state index contributed by atoms with van der Waals surface area (Å²) in [6.07, 6.45) is 1.41. The molecule has 0 fully saturated rings.